The number of hydrogen-bond donors (Lipinski definition) is 1. The average Bonchev–Trinajstić information content (AvgIpc) is 2.47. The van der Waals surface area contributed by atoms with Crippen molar-refractivity contribution in [2.75, 3.05) is 53.9 Å². The molecular weight excluding hydrogens is 266 g/mol. The third kappa shape index (κ3) is 7.25. The van der Waals surface area contributed by atoms with Gasteiger partial charge in [0, 0.05) is 13.1 Å². The maximum Gasteiger partial charge on any atom is 0.322 e. The standard InChI is InChI=1S/C16H33N3O2/c1-5-9-17-15(16(20)21-4)8-12-19-10-6-14(7-11-19)13-18(2)3/h14-15,17H,5-13H2,1-4H3. The van der Waals surface area contributed by atoms with Crippen molar-refractivity contribution in [1.29, 1.82) is 0 Å². The van der Waals surface area contributed by atoms with Crippen molar-refractivity contribution in [3.8, 4) is 0 Å². The van der Waals surface area contributed by atoms with Gasteiger partial charge >= 0.3 is 5.97 Å². The molecular formula is C16H33N3O2. The normalized spacial score (nSPS) is 18.9. The van der Waals surface area contributed by atoms with E-state index in [0.29, 0.717) is 0 Å². The molecule has 0 amide bonds. The summed E-state index contributed by atoms with van der Waals surface area (Å²) in [5.74, 6) is 0.691. The lowest BCUT2D eigenvalue weighted by Gasteiger charge is -2.33. The van der Waals surface area contributed by atoms with E-state index in [1.807, 2.05) is 0 Å². The molecule has 1 fully saturated rings. The highest BCUT2D eigenvalue weighted by atomic mass is 16.5. The molecule has 0 bridgehead atoms. The highest BCUT2D eigenvalue weighted by molar-refractivity contribution is 5.75. The lowest BCUT2D eigenvalue weighted by atomic mass is 9.96. The minimum absolute atomic E-state index is 0.133. The number of rotatable bonds is 9. The minimum atomic E-state index is -0.158. The molecule has 0 aromatic carbocycles. The van der Waals surface area contributed by atoms with Gasteiger partial charge in [-0.2, -0.15) is 0 Å². The summed E-state index contributed by atoms with van der Waals surface area (Å²) in [7, 11) is 5.76. The molecule has 0 spiro atoms. The highest BCUT2D eigenvalue weighted by Crippen LogP contribution is 2.18. The Balaban J connectivity index is 2.28. The van der Waals surface area contributed by atoms with Crippen molar-refractivity contribution in [3.63, 3.8) is 0 Å². The van der Waals surface area contributed by atoms with Crippen LogP contribution in [0.5, 0.6) is 0 Å². The molecule has 0 aliphatic carbocycles. The maximum absolute atomic E-state index is 11.8. The summed E-state index contributed by atoms with van der Waals surface area (Å²) in [6.07, 6.45) is 4.40. The maximum atomic E-state index is 11.8. The largest absolute Gasteiger partial charge is 0.468 e. The molecule has 1 N–H and O–H groups in total. The second-order valence-electron chi connectivity index (χ2n) is 6.37. The van der Waals surface area contributed by atoms with Gasteiger partial charge in [0.2, 0.25) is 0 Å². The van der Waals surface area contributed by atoms with E-state index >= 15 is 0 Å². The monoisotopic (exact) mass is 299 g/mol. The van der Waals surface area contributed by atoms with Crippen LogP contribution in [0.15, 0.2) is 0 Å². The number of carbonyl (C=O) groups is 1. The Labute approximate surface area is 130 Å². The second-order valence-corrected chi connectivity index (χ2v) is 6.37. The van der Waals surface area contributed by atoms with Gasteiger partial charge in [-0.05, 0) is 65.3 Å². The number of esters is 1. The summed E-state index contributed by atoms with van der Waals surface area (Å²) >= 11 is 0. The van der Waals surface area contributed by atoms with Gasteiger partial charge in [-0.1, -0.05) is 6.92 Å². The lowest BCUT2D eigenvalue weighted by Crippen LogP contribution is -2.43. The molecule has 1 aliphatic heterocycles. The predicted octanol–water partition coefficient (Wildman–Crippen LogP) is 1.19. The molecule has 0 radical (unpaired) electrons. The molecule has 1 aliphatic rings. The van der Waals surface area contributed by atoms with Crippen LogP contribution in [0.4, 0.5) is 0 Å². The number of piperidine rings is 1. The Bertz CT molecular complexity index is 289. The summed E-state index contributed by atoms with van der Waals surface area (Å²) < 4.78 is 4.88. The average molecular weight is 299 g/mol. The van der Waals surface area contributed by atoms with Crippen molar-refractivity contribution in [1.82, 2.24) is 15.1 Å². The first-order chi connectivity index (χ1) is 10.1. The topological polar surface area (TPSA) is 44.8 Å². The fourth-order valence-electron chi connectivity index (χ4n) is 2.98. The van der Waals surface area contributed by atoms with E-state index in [0.717, 1.165) is 44.9 Å². The molecule has 1 rings (SSSR count). The smallest absolute Gasteiger partial charge is 0.322 e. The number of ether oxygens (including phenoxy) is 1. The molecule has 0 saturated carbocycles. The first-order valence-electron chi connectivity index (χ1n) is 8.25. The first kappa shape index (κ1) is 18.4. The second kappa shape index (κ2) is 10.1. The van der Waals surface area contributed by atoms with Crippen LogP contribution in [0, 0.1) is 5.92 Å². The van der Waals surface area contributed by atoms with Crippen molar-refractivity contribution >= 4 is 5.97 Å². The van der Waals surface area contributed by atoms with E-state index in [1.165, 1.54) is 26.5 Å². The van der Waals surface area contributed by atoms with E-state index in [9.17, 15) is 4.79 Å². The minimum Gasteiger partial charge on any atom is -0.468 e. The van der Waals surface area contributed by atoms with Gasteiger partial charge in [-0.15, -0.1) is 0 Å². The van der Waals surface area contributed by atoms with Crippen molar-refractivity contribution in [3.05, 3.63) is 0 Å². The van der Waals surface area contributed by atoms with Crippen molar-refractivity contribution in [2.24, 2.45) is 5.92 Å². The van der Waals surface area contributed by atoms with Crippen LogP contribution in [0.2, 0.25) is 0 Å². The third-order valence-corrected chi connectivity index (χ3v) is 4.19. The van der Waals surface area contributed by atoms with Crippen molar-refractivity contribution < 1.29 is 9.53 Å². The van der Waals surface area contributed by atoms with Crippen LogP contribution in [-0.2, 0) is 9.53 Å². The summed E-state index contributed by atoms with van der Waals surface area (Å²) in [6, 6.07) is -0.158. The third-order valence-electron chi connectivity index (χ3n) is 4.19. The van der Waals surface area contributed by atoms with Gasteiger partial charge in [0.05, 0.1) is 7.11 Å². The van der Waals surface area contributed by atoms with Gasteiger partial charge in [0.15, 0.2) is 0 Å². The molecule has 0 aromatic rings. The fourth-order valence-corrected chi connectivity index (χ4v) is 2.98. The van der Waals surface area contributed by atoms with Crippen LogP contribution in [0.25, 0.3) is 0 Å². The molecule has 1 heterocycles. The summed E-state index contributed by atoms with van der Waals surface area (Å²) in [5, 5.41) is 3.29. The predicted molar refractivity (Wildman–Crippen MR) is 86.4 cm³/mol. The first-order valence-corrected chi connectivity index (χ1v) is 8.25. The van der Waals surface area contributed by atoms with Crippen LogP contribution >= 0.6 is 0 Å². The molecule has 1 saturated heterocycles. The summed E-state index contributed by atoms with van der Waals surface area (Å²) in [5.41, 5.74) is 0. The summed E-state index contributed by atoms with van der Waals surface area (Å²) in [4.78, 5) is 16.5. The van der Waals surface area contributed by atoms with Gasteiger partial charge in [0.1, 0.15) is 6.04 Å². The van der Waals surface area contributed by atoms with Gasteiger partial charge < -0.3 is 19.9 Å². The number of likely N-dealkylation sites (tertiary alicyclic amines) is 1. The zero-order valence-corrected chi connectivity index (χ0v) is 14.2. The zero-order valence-electron chi connectivity index (χ0n) is 14.2. The molecule has 21 heavy (non-hydrogen) atoms. The number of methoxy groups -OCH3 is 1. The molecule has 5 heteroatoms. The van der Waals surface area contributed by atoms with E-state index in [4.69, 9.17) is 4.74 Å². The summed E-state index contributed by atoms with van der Waals surface area (Å²) in [6.45, 7) is 7.45. The Kier molecular flexibility index (Phi) is 8.88. The SMILES string of the molecule is CCCNC(CCN1CCC(CN(C)C)CC1)C(=O)OC. The lowest BCUT2D eigenvalue weighted by molar-refractivity contribution is -0.143. The molecule has 5 nitrogen and oxygen atoms in total. The Morgan fingerprint density at radius 3 is 2.57 bits per heavy atom. The van der Waals surface area contributed by atoms with Crippen LogP contribution in [0.1, 0.15) is 32.6 Å². The Morgan fingerprint density at radius 1 is 1.38 bits per heavy atom. The van der Waals surface area contributed by atoms with E-state index in [-0.39, 0.29) is 12.0 Å². The number of hydrogen-bond acceptors (Lipinski definition) is 5. The Morgan fingerprint density at radius 2 is 2.05 bits per heavy atom. The quantitative estimate of drug-likeness (QED) is 0.648. The Hall–Kier alpha value is -0.650. The zero-order chi connectivity index (χ0) is 15.7. The van der Waals surface area contributed by atoms with Gasteiger partial charge in [0.25, 0.3) is 0 Å². The number of nitrogens with zero attached hydrogens (tertiary/aromatic N) is 2. The molecule has 0 aromatic heterocycles. The van der Waals surface area contributed by atoms with E-state index in [1.54, 1.807) is 0 Å². The van der Waals surface area contributed by atoms with E-state index < -0.39 is 0 Å². The van der Waals surface area contributed by atoms with Crippen molar-refractivity contribution in [2.45, 2.75) is 38.6 Å². The van der Waals surface area contributed by atoms with Crippen LogP contribution in [0.3, 0.4) is 0 Å². The molecule has 1 atom stereocenters. The molecule has 1 unspecified atom stereocenters. The van der Waals surface area contributed by atoms with E-state index in [2.05, 4.69) is 36.1 Å². The molecule has 124 valence electrons. The fraction of sp³-hybridized carbons (Fsp3) is 0.938. The highest BCUT2D eigenvalue weighted by Gasteiger charge is 2.23. The number of nitrogens with one attached hydrogen (secondary N) is 1. The van der Waals surface area contributed by atoms with Gasteiger partial charge in [-0.3, -0.25) is 4.79 Å². The van der Waals surface area contributed by atoms with Crippen LogP contribution < -0.4 is 5.32 Å². The van der Waals surface area contributed by atoms with Gasteiger partial charge in [-0.25, -0.2) is 0 Å². The number of carbonyl (C=O) groups excluding carboxylic acids is 1. The van der Waals surface area contributed by atoms with Crippen LogP contribution in [-0.4, -0.2) is 75.7 Å².